The Hall–Kier alpha value is -0.860. The molecule has 1 aromatic carbocycles. The Kier molecular flexibility index (Phi) is 7.86. The fourth-order valence-electron chi connectivity index (χ4n) is 2.56. The van der Waals surface area contributed by atoms with Gasteiger partial charge in [0.1, 0.15) is 5.78 Å². The number of halogens is 1. The van der Waals surface area contributed by atoms with Gasteiger partial charge in [0.25, 0.3) is 0 Å². The molecule has 1 atom stereocenters. The van der Waals surface area contributed by atoms with Crippen LogP contribution in [0.2, 0.25) is 5.02 Å². The molecule has 1 aromatic rings. The lowest BCUT2D eigenvalue weighted by atomic mass is 9.93. The van der Waals surface area contributed by atoms with Gasteiger partial charge in [0.05, 0.1) is 5.92 Å². The lowest BCUT2D eigenvalue weighted by Crippen LogP contribution is -2.29. The summed E-state index contributed by atoms with van der Waals surface area (Å²) in [4.78, 5) is 14.5. The van der Waals surface area contributed by atoms with Crippen LogP contribution < -0.4 is 0 Å². The van der Waals surface area contributed by atoms with E-state index in [4.69, 9.17) is 11.6 Å². The number of likely N-dealkylation sites (tertiary alicyclic amines) is 1. The summed E-state index contributed by atoms with van der Waals surface area (Å²) in [6.07, 6.45) is 3.11. The van der Waals surface area contributed by atoms with Crippen LogP contribution >= 0.6 is 11.6 Å². The summed E-state index contributed by atoms with van der Waals surface area (Å²) in [6, 6.07) is 7.71. The molecule has 2 nitrogen and oxygen atoms in total. The van der Waals surface area contributed by atoms with Crippen molar-refractivity contribution >= 4 is 17.4 Å². The molecule has 0 aliphatic carbocycles. The average Bonchev–Trinajstić information content (AvgIpc) is 3.00. The smallest absolute Gasteiger partial charge is 0.141 e. The highest BCUT2D eigenvalue weighted by Gasteiger charge is 2.23. The molecule has 1 fully saturated rings. The molecular formula is C17H26ClNO. The Balaban J connectivity index is 0.000000956. The number of hydrogen-bond acceptors (Lipinski definition) is 2. The van der Waals surface area contributed by atoms with Crippen molar-refractivity contribution in [2.45, 2.75) is 46.0 Å². The largest absolute Gasteiger partial charge is 0.302 e. The van der Waals surface area contributed by atoms with Gasteiger partial charge in [0.2, 0.25) is 0 Å². The Morgan fingerprint density at radius 3 is 2.25 bits per heavy atom. The van der Waals surface area contributed by atoms with E-state index in [2.05, 4.69) is 4.90 Å². The van der Waals surface area contributed by atoms with E-state index in [0.717, 1.165) is 30.2 Å². The summed E-state index contributed by atoms with van der Waals surface area (Å²) in [5, 5.41) is 0.725. The van der Waals surface area contributed by atoms with E-state index >= 15 is 0 Å². The van der Waals surface area contributed by atoms with Gasteiger partial charge >= 0.3 is 0 Å². The third-order valence-corrected chi connectivity index (χ3v) is 3.90. The van der Waals surface area contributed by atoms with Gasteiger partial charge in [-0.25, -0.2) is 0 Å². The van der Waals surface area contributed by atoms with Gasteiger partial charge in [-0.3, -0.25) is 4.79 Å². The minimum atomic E-state index is 0.00497. The van der Waals surface area contributed by atoms with Crippen molar-refractivity contribution in [2.24, 2.45) is 0 Å². The molecule has 0 aromatic heterocycles. The molecule has 0 saturated carbocycles. The molecule has 1 heterocycles. The average molecular weight is 296 g/mol. The number of ketones is 1. The minimum Gasteiger partial charge on any atom is -0.302 e. The van der Waals surface area contributed by atoms with Crippen LogP contribution in [0.1, 0.15) is 51.5 Å². The monoisotopic (exact) mass is 295 g/mol. The second kappa shape index (κ2) is 9.15. The maximum atomic E-state index is 12.1. The van der Waals surface area contributed by atoms with E-state index in [1.807, 2.05) is 45.0 Å². The summed E-state index contributed by atoms with van der Waals surface area (Å²) in [5.74, 6) is 0.328. The van der Waals surface area contributed by atoms with Gasteiger partial charge in [-0.2, -0.15) is 0 Å². The van der Waals surface area contributed by atoms with E-state index in [9.17, 15) is 4.79 Å². The van der Waals surface area contributed by atoms with Gasteiger partial charge in [0, 0.05) is 18.0 Å². The Labute approximate surface area is 128 Å². The molecule has 0 amide bonds. The fourth-order valence-corrected chi connectivity index (χ4v) is 2.68. The highest BCUT2D eigenvalue weighted by atomic mass is 35.5. The zero-order chi connectivity index (χ0) is 15.0. The zero-order valence-corrected chi connectivity index (χ0v) is 13.6. The standard InChI is InChI=1S/C15H20ClNO.C2H6/c1-2-15(18)14(11-17-9-3-4-10-17)12-5-7-13(16)8-6-12;1-2/h5-8,14H,2-4,9-11H2,1H3;1-2H3. The van der Waals surface area contributed by atoms with Gasteiger partial charge in [-0.15, -0.1) is 0 Å². The topological polar surface area (TPSA) is 20.3 Å². The quantitative estimate of drug-likeness (QED) is 0.796. The zero-order valence-electron chi connectivity index (χ0n) is 12.9. The maximum Gasteiger partial charge on any atom is 0.141 e. The summed E-state index contributed by atoms with van der Waals surface area (Å²) in [6.45, 7) is 9.05. The number of Topliss-reactive ketones (excluding diaryl/α,β-unsaturated/α-hetero) is 1. The molecule has 3 heteroatoms. The number of carbonyl (C=O) groups is 1. The number of carbonyl (C=O) groups excluding carboxylic acids is 1. The van der Waals surface area contributed by atoms with E-state index in [1.54, 1.807) is 0 Å². The highest BCUT2D eigenvalue weighted by Crippen LogP contribution is 2.23. The minimum absolute atomic E-state index is 0.00497. The van der Waals surface area contributed by atoms with Crippen molar-refractivity contribution in [2.75, 3.05) is 19.6 Å². The van der Waals surface area contributed by atoms with Gasteiger partial charge < -0.3 is 4.90 Å². The molecule has 0 radical (unpaired) electrons. The lowest BCUT2D eigenvalue weighted by molar-refractivity contribution is -0.120. The van der Waals surface area contributed by atoms with Crippen LogP contribution in [0.4, 0.5) is 0 Å². The van der Waals surface area contributed by atoms with Crippen LogP contribution in [0, 0.1) is 0 Å². The Bertz CT molecular complexity index is 396. The number of hydrogen-bond donors (Lipinski definition) is 0. The van der Waals surface area contributed by atoms with E-state index in [-0.39, 0.29) is 5.92 Å². The van der Waals surface area contributed by atoms with Crippen molar-refractivity contribution in [1.29, 1.82) is 0 Å². The second-order valence-corrected chi connectivity index (χ2v) is 5.37. The predicted molar refractivity (Wildman–Crippen MR) is 86.5 cm³/mol. The third kappa shape index (κ3) is 4.92. The first-order chi connectivity index (χ1) is 9.70. The van der Waals surface area contributed by atoms with Gasteiger partial charge in [-0.05, 0) is 43.6 Å². The molecule has 0 spiro atoms. The molecule has 0 N–H and O–H groups in total. The molecule has 1 aliphatic rings. The molecule has 20 heavy (non-hydrogen) atoms. The van der Waals surface area contributed by atoms with Crippen LogP contribution in [0.3, 0.4) is 0 Å². The fraction of sp³-hybridized carbons (Fsp3) is 0.588. The van der Waals surface area contributed by atoms with Crippen molar-refractivity contribution in [3.05, 3.63) is 34.9 Å². The highest BCUT2D eigenvalue weighted by molar-refractivity contribution is 6.30. The summed E-state index contributed by atoms with van der Waals surface area (Å²) < 4.78 is 0. The third-order valence-electron chi connectivity index (χ3n) is 3.65. The molecule has 112 valence electrons. The second-order valence-electron chi connectivity index (χ2n) is 4.93. The molecular weight excluding hydrogens is 270 g/mol. The first-order valence-corrected chi connectivity index (χ1v) is 8.09. The van der Waals surface area contributed by atoms with Crippen LogP contribution in [-0.4, -0.2) is 30.3 Å². The van der Waals surface area contributed by atoms with E-state index in [0.29, 0.717) is 12.2 Å². The van der Waals surface area contributed by atoms with Crippen molar-refractivity contribution in [3.8, 4) is 0 Å². The van der Waals surface area contributed by atoms with Crippen LogP contribution in [-0.2, 0) is 4.79 Å². The number of rotatable bonds is 5. The van der Waals surface area contributed by atoms with Crippen LogP contribution in [0.25, 0.3) is 0 Å². The number of nitrogens with zero attached hydrogens (tertiary/aromatic N) is 1. The van der Waals surface area contributed by atoms with Gasteiger partial charge in [0.15, 0.2) is 0 Å². The van der Waals surface area contributed by atoms with Crippen molar-refractivity contribution < 1.29 is 4.79 Å². The summed E-state index contributed by atoms with van der Waals surface area (Å²) >= 11 is 5.90. The first kappa shape index (κ1) is 17.2. The maximum absolute atomic E-state index is 12.1. The van der Waals surface area contributed by atoms with Crippen LogP contribution in [0.15, 0.2) is 24.3 Å². The molecule has 1 saturated heterocycles. The van der Waals surface area contributed by atoms with Gasteiger partial charge in [-0.1, -0.05) is 44.5 Å². The first-order valence-electron chi connectivity index (χ1n) is 7.71. The molecule has 2 rings (SSSR count). The molecule has 1 unspecified atom stereocenters. The summed E-state index contributed by atoms with van der Waals surface area (Å²) in [5.41, 5.74) is 1.10. The Morgan fingerprint density at radius 1 is 1.20 bits per heavy atom. The Morgan fingerprint density at radius 2 is 1.75 bits per heavy atom. The normalized spacial score (nSPS) is 16.4. The van der Waals surface area contributed by atoms with Crippen molar-refractivity contribution in [1.82, 2.24) is 4.90 Å². The van der Waals surface area contributed by atoms with E-state index in [1.165, 1.54) is 12.8 Å². The van der Waals surface area contributed by atoms with Crippen LogP contribution in [0.5, 0.6) is 0 Å². The predicted octanol–water partition coefficient (Wildman–Crippen LogP) is 4.52. The lowest BCUT2D eigenvalue weighted by Gasteiger charge is -2.22. The summed E-state index contributed by atoms with van der Waals surface area (Å²) in [7, 11) is 0. The molecule has 1 aliphatic heterocycles. The van der Waals surface area contributed by atoms with Crippen molar-refractivity contribution in [3.63, 3.8) is 0 Å². The van der Waals surface area contributed by atoms with E-state index < -0.39 is 0 Å². The SMILES string of the molecule is CC.CCC(=O)C(CN1CCCC1)c1ccc(Cl)cc1. The molecule has 0 bridgehead atoms. The number of benzene rings is 1.